The summed E-state index contributed by atoms with van der Waals surface area (Å²) in [5.74, 6) is 0.628. The normalized spacial score (nSPS) is 11.9. The zero-order valence-electron chi connectivity index (χ0n) is 26.1. The predicted molar refractivity (Wildman–Crippen MR) is 183 cm³/mol. The lowest BCUT2D eigenvalue weighted by atomic mass is 10.1. The van der Waals surface area contributed by atoms with E-state index in [-0.39, 0.29) is 23.6 Å². The summed E-state index contributed by atoms with van der Waals surface area (Å²) in [5, 5.41) is 5.71. The Morgan fingerprint density at radius 2 is 1.38 bits per heavy atom. The van der Waals surface area contributed by atoms with E-state index in [2.05, 4.69) is 78.3 Å². The van der Waals surface area contributed by atoms with Gasteiger partial charge in [0.05, 0.1) is 5.39 Å². The second-order valence-corrected chi connectivity index (χ2v) is 10.3. The Kier molecular flexibility index (Phi) is 16.1. The van der Waals surface area contributed by atoms with Gasteiger partial charge >= 0.3 is 6.09 Å². The molecule has 0 bridgehead atoms. The van der Waals surface area contributed by atoms with Gasteiger partial charge in [-0.05, 0) is 63.1 Å². The molecule has 0 aliphatic carbocycles. The largest absolute Gasteiger partial charge is 0.456 e. The first-order chi connectivity index (χ1) is 22.1. The molecule has 0 aliphatic rings. The van der Waals surface area contributed by atoms with Crippen LogP contribution >= 0.6 is 0 Å². The van der Waals surface area contributed by atoms with E-state index in [0.717, 1.165) is 50.5 Å². The van der Waals surface area contributed by atoms with Crippen LogP contribution in [0.25, 0.3) is 22.3 Å². The highest BCUT2D eigenvalue weighted by molar-refractivity contribution is 5.81. The van der Waals surface area contributed by atoms with Crippen molar-refractivity contribution in [3.63, 3.8) is 0 Å². The summed E-state index contributed by atoms with van der Waals surface area (Å²) in [6.07, 6.45) is 27.9. The molecule has 45 heavy (non-hydrogen) atoms. The molecule has 0 saturated carbocycles. The average Bonchev–Trinajstić information content (AvgIpc) is 3.05. The standard InChI is InChI=1S/C38H44N2O5/c1-2-3-4-5-6-7-8-9-10-11-12-13-14-15-16-17-21-24-37(42)39-27-28-40-38(43)44-32-25-26-35-33(29-32)34(41)30-36(45-35)31-22-19-18-20-23-31/h3-4,6-7,9-10,12-13,15-16,18-20,22-23,25-26,29-30H,2,5,8,11,14,17,21,24,27-28H2,1H3,(H,39,42)(H,40,43)/b4-3-,7-6-,10-9-,13-12-,16-15-. The highest BCUT2D eigenvalue weighted by Gasteiger charge is 2.10. The monoisotopic (exact) mass is 608 g/mol. The summed E-state index contributed by atoms with van der Waals surface area (Å²) in [4.78, 5) is 36.9. The van der Waals surface area contributed by atoms with E-state index in [9.17, 15) is 14.4 Å². The number of carbonyl (C=O) groups is 2. The number of amides is 2. The molecule has 0 radical (unpaired) electrons. The van der Waals surface area contributed by atoms with E-state index in [1.807, 2.05) is 30.3 Å². The van der Waals surface area contributed by atoms with Gasteiger partial charge in [-0.2, -0.15) is 0 Å². The second kappa shape index (κ2) is 20.9. The minimum atomic E-state index is -0.674. The number of unbranched alkanes of at least 4 members (excludes halogenated alkanes) is 1. The summed E-state index contributed by atoms with van der Waals surface area (Å²) >= 11 is 0. The molecule has 7 nitrogen and oxygen atoms in total. The van der Waals surface area contributed by atoms with Gasteiger partial charge in [-0.15, -0.1) is 0 Å². The fourth-order valence-electron chi connectivity index (χ4n) is 4.29. The van der Waals surface area contributed by atoms with Gasteiger partial charge in [0.1, 0.15) is 17.1 Å². The Morgan fingerprint density at radius 1 is 0.756 bits per heavy atom. The van der Waals surface area contributed by atoms with Crippen molar-refractivity contribution in [2.24, 2.45) is 0 Å². The molecule has 7 heteroatoms. The summed E-state index contributed by atoms with van der Waals surface area (Å²) in [6.45, 7) is 2.65. The number of fused-ring (bicyclic) bond motifs is 1. The van der Waals surface area contributed by atoms with Crippen LogP contribution in [0.15, 0.2) is 125 Å². The molecule has 0 aliphatic heterocycles. The summed E-state index contributed by atoms with van der Waals surface area (Å²) < 4.78 is 11.2. The van der Waals surface area contributed by atoms with Crippen LogP contribution in [0, 0.1) is 0 Å². The van der Waals surface area contributed by atoms with Crippen molar-refractivity contribution >= 4 is 23.0 Å². The Hall–Kier alpha value is -4.91. The van der Waals surface area contributed by atoms with Crippen molar-refractivity contribution in [1.82, 2.24) is 10.6 Å². The van der Waals surface area contributed by atoms with Crippen molar-refractivity contribution in [2.45, 2.75) is 58.3 Å². The van der Waals surface area contributed by atoms with Gasteiger partial charge < -0.3 is 19.8 Å². The first-order valence-corrected chi connectivity index (χ1v) is 15.7. The van der Waals surface area contributed by atoms with Crippen LogP contribution < -0.4 is 20.8 Å². The van der Waals surface area contributed by atoms with Gasteiger partial charge in [-0.3, -0.25) is 9.59 Å². The molecule has 2 amide bonds. The third-order valence-electron chi connectivity index (χ3n) is 6.62. The van der Waals surface area contributed by atoms with E-state index >= 15 is 0 Å². The zero-order chi connectivity index (χ0) is 32.0. The van der Waals surface area contributed by atoms with Crippen LogP contribution in [0.4, 0.5) is 4.79 Å². The Labute approximate surface area is 266 Å². The predicted octanol–water partition coefficient (Wildman–Crippen LogP) is 8.59. The van der Waals surface area contributed by atoms with Crippen LogP contribution in [0.5, 0.6) is 5.75 Å². The number of allylic oxidation sites excluding steroid dienone is 10. The van der Waals surface area contributed by atoms with Gasteiger partial charge in [-0.1, -0.05) is 98.0 Å². The van der Waals surface area contributed by atoms with Crippen LogP contribution in [-0.4, -0.2) is 25.1 Å². The third kappa shape index (κ3) is 13.9. The molecular weight excluding hydrogens is 564 g/mol. The van der Waals surface area contributed by atoms with Gasteiger partial charge in [-0.25, -0.2) is 4.79 Å². The third-order valence-corrected chi connectivity index (χ3v) is 6.62. The number of nitrogens with one attached hydrogen (secondary N) is 2. The highest BCUT2D eigenvalue weighted by Crippen LogP contribution is 2.24. The van der Waals surface area contributed by atoms with E-state index in [1.54, 1.807) is 12.1 Å². The van der Waals surface area contributed by atoms with Crippen LogP contribution in [0.3, 0.4) is 0 Å². The lowest BCUT2D eigenvalue weighted by molar-refractivity contribution is -0.121. The molecule has 3 aromatic rings. The molecule has 3 rings (SSSR count). The molecule has 2 N–H and O–H groups in total. The molecule has 0 saturated heterocycles. The fraction of sp³-hybridized carbons (Fsp3) is 0.289. The topological polar surface area (TPSA) is 97.6 Å². The van der Waals surface area contributed by atoms with Crippen molar-refractivity contribution in [2.75, 3.05) is 13.1 Å². The molecule has 1 heterocycles. The molecule has 2 aromatic carbocycles. The minimum Gasteiger partial charge on any atom is -0.456 e. The number of hydrogen-bond donors (Lipinski definition) is 2. The highest BCUT2D eigenvalue weighted by atomic mass is 16.6. The zero-order valence-corrected chi connectivity index (χ0v) is 26.1. The summed E-state index contributed by atoms with van der Waals surface area (Å²) in [5.41, 5.74) is 0.969. The van der Waals surface area contributed by atoms with Crippen LogP contribution in [0.1, 0.15) is 58.3 Å². The maximum Gasteiger partial charge on any atom is 0.412 e. The lowest BCUT2D eigenvalue weighted by Crippen LogP contribution is -2.35. The smallest absolute Gasteiger partial charge is 0.412 e. The number of rotatable bonds is 18. The van der Waals surface area contributed by atoms with E-state index in [4.69, 9.17) is 9.15 Å². The molecule has 1 aromatic heterocycles. The van der Waals surface area contributed by atoms with E-state index in [0.29, 0.717) is 29.7 Å². The number of carbonyl (C=O) groups excluding carboxylic acids is 2. The molecule has 0 atom stereocenters. The average molecular weight is 609 g/mol. The van der Waals surface area contributed by atoms with Gasteiger partial charge in [0, 0.05) is 31.1 Å². The molecule has 236 valence electrons. The number of hydrogen-bond acceptors (Lipinski definition) is 5. The molecule has 0 unspecified atom stereocenters. The maximum atomic E-state index is 12.7. The fourth-order valence-corrected chi connectivity index (χ4v) is 4.29. The quantitative estimate of drug-likeness (QED) is 0.111. The number of benzene rings is 2. The summed E-state index contributed by atoms with van der Waals surface area (Å²) in [7, 11) is 0. The minimum absolute atomic E-state index is 0.0614. The van der Waals surface area contributed by atoms with Gasteiger partial charge in [0.25, 0.3) is 0 Å². The van der Waals surface area contributed by atoms with Crippen molar-refractivity contribution in [1.29, 1.82) is 0 Å². The van der Waals surface area contributed by atoms with Crippen molar-refractivity contribution in [3.8, 4) is 17.1 Å². The summed E-state index contributed by atoms with van der Waals surface area (Å²) in [6, 6.07) is 15.4. The van der Waals surface area contributed by atoms with Crippen LogP contribution in [0.2, 0.25) is 0 Å². The first kappa shape index (κ1) is 34.6. The van der Waals surface area contributed by atoms with Crippen molar-refractivity contribution < 1.29 is 18.7 Å². The van der Waals surface area contributed by atoms with Gasteiger partial charge in [0.15, 0.2) is 5.43 Å². The maximum absolute atomic E-state index is 12.7. The molecule has 0 fully saturated rings. The SMILES string of the molecule is CC/C=C\C/C=C\C/C=C\C/C=C\C/C=C\CCCC(=O)NCCNC(=O)Oc1ccc2oc(-c3ccccc3)cc(=O)c2c1. The Morgan fingerprint density at radius 3 is 2.04 bits per heavy atom. The Bertz CT molecular complexity index is 1550. The van der Waals surface area contributed by atoms with E-state index < -0.39 is 6.09 Å². The van der Waals surface area contributed by atoms with Crippen molar-refractivity contribution in [3.05, 3.63) is 126 Å². The number of ether oxygens (including phenoxy) is 1. The molecular formula is C38H44N2O5. The van der Waals surface area contributed by atoms with Gasteiger partial charge in [0.2, 0.25) is 5.91 Å². The van der Waals surface area contributed by atoms with Crippen LogP contribution in [-0.2, 0) is 4.79 Å². The van der Waals surface area contributed by atoms with E-state index in [1.165, 1.54) is 12.1 Å². The molecule has 0 spiro atoms. The second-order valence-electron chi connectivity index (χ2n) is 10.3. The lowest BCUT2D eigenvalue weighted by Gasteiger charge is -2.09. The first-order valence-electron chi connectivity index (χ1n) is 15.7. The Balaban J connectivity index is 1.23.